The Kier molecular flexibility index (Phi) is 7.67. The number of nitrogens with two attached hydrogens (primary N) is 1. The first-order valence-electron chi connectivity index (χ1n) is 8.46. The summed E-state index contributed by atoms with van der Waals surface area (Å²) in [5.74, 6) is 0.753. The molecule has 0 bridgehead atoms. The Morgan fingerprint density at radius 1 is 0.808 bits per heavy atom. The Balaban J connectivity index is 0.00000243. The Morgan fingerprint density at radius 3 is 2.08 bits per heavy atom. The smallest absolute Gasteiger partial charge is 0.120 e. The fourth-order valence-electron chi connectivity index (χ4n) is 2.76. The van der Waals surface area contributed by atoms with Gasteiger partial charge in [-0.25, -0.2) is 0 Å². The molecule has 3 rings (SSSR count). The molecular formula is C22H24ClNO2. The van der Waals surface area contributed by atoms with Gasteiger partial charge in [-0.3, -0.25) is 0 Å². The molecule has 3 nitrogen and oxygen atoms in total. The third-order valence-electron chi connectivity index (χ3n) is 4.19. The normalized spacial score (nSPS) is 12.7. The predicted molar refractivity (Wildman–Crippen MR) is 108 cm³/mol. The second-order valence-corrected chi connectivity index (χ2v) is 6.13. The molecule has 2 atom stereocenters. The summed E-state index contributed by atoms with van der Waals surface area (Å²) in [4.78, 5) is 0. The second kappa shape index (κ2) is 9.97. The van der Waals surface area contributed by atoms with Crippen molar-refractivity contribution in [3.63, 3.8) is 0 Å². The Bertz CT molecular complexity index is 780. The number of benzene rings is 3. The number of aliphatic hydroxyl groups excluding tert-OH is 1. The monoisotopic (exact) mass is 369 g/mol. The van der Waals surface area contributed by atoms with Crippen LogP contribution in [0.4, 0.5) is 0 Å². The maximum absolute atomic E-state index is 10.5. The lowest BCUT2D eigenvalue weighted by Crippen LogP contribution is -2.28. The van der Waals surface area contributed by atoms with E-state index in [-0.39, 0.29) is 12.4 Å². The topological polar surface area (TPSA) is 55.5 Å². The molecule has 0 fully saturated rings. The number of halogens is 1. The van der Waals surface area contributed by atoms with Crippen LogP contribution < -0.4 is 10.5 Å². The van der Waals surface area contributed by atoms with E-state index in [0.29, 0.717) is 13.0 Å². The summed E-state index contributed by atoms with van der Waals surface area (Å²) in [6.45, 7) is 0.506. The van der Waals surface area contributed by atoms with E-state index in [2.05, 4.69) is 0 Å². The van der Waals surface area contributed by atoms with E-state index in [9.17, 15) is 5.11 Å². The van der Waals surface area contributed by atoms with Crippen LogP contribution in [0.3, 0.4) is 0 Å². The molecule has 3 aromatic rings. The molecule has 0 heterocycles. The minimum absolute atomic E-state index is 0. The zero-order valence-corrected chi connectivity index (χ0v) is 15.3. The van der Waals surface area contributed by atoms with Crippen LogP contribution in [-0.2, 0) is 13.0 Å². The highest BCUT2D eigenvalue weighted by molar-refractivity contribution is 5.85. The molecule has 0 aliphatic heterocycles. The molecule has 0 radical (unpaired) electrons. The lowest BCUT2D eigenvalue weighted by molar-refractivity contribution is 0.145. The quantitative estimate of drug-likeness (QED) is 0.653. The zero-order valence-electron chi connectivity index (χ0n) is 14.5. The fourth-order valence-corrected chi connectivity index (χ4v) is 2.76. The van der Waals surface area contributed by atoms with Crippen LogP contribution in [0.5, 0.6) is 5.75 Å². The standard InChI is InChI=1S/C22H23NO2.ClH/c23-22(21(24)14-17-8-3-1-4-9-17)19-12-7-13-20(15-19)25-16-18-10-5-2-6-11-18;/h1-13,15,21-22,24H,14,16,23H2;1H/t21-,22+;/m0./s1. The Morgan fingerprint density at radius 2 is 1.42 bits per heavy atom. The summed E-state index contributed by atoms with van der Waals surface area (Å²) in [6, 6.07) is 27.1. The van der Waals surface area contributed by atoms with Gasteiger partial charge >= 0.3 is 0 Å². The predicted octanol–water partition coefficient (Wildman–Crippen LogP) is 4.29. The van der Waals surface area contributed by atoms with Gasteiger partial charge in [0.1, 0.15) is 12.4 Å². The van der Waals surface area contributed by atoms with Crippen LogP contribution in [-0.4, -0.2) is 11.2 Å². The summed E-state index contributed by atoms with van der Waals surface area (Å²) in [5.41, 5.74) is 9.31. The van der Waals surface area contributed by atoms with Crippen LogP contribution in [0, 0.1) is 0 Å². The van der Waals surface area contributed by atoms with Gasteiger partial charge in [0.25, 0.3) is 0 Å². The Labute approximate surface area is 160 Å². The molecule has 0 aliphatic rings. The van der Waals surface area contributed by atoms with Crippen LogP contribution in [0.1, 0.15) is 22.7 Å². The molecule has 3 aromatic carbocycles. The zero-order chi connectivity index (χ0) is 17.5. The van der Waals surface area contributed by atoms with Gasteiger partial charge in [-0.2, -0.15) is 0 Å². The van der Waals surface area contributed by atoms with E-state index in [0.717, 1.165) is 22.4 Å². The lowest BCUT2D eigenvalue weighted by Gasteiger charge is -2.20. The van der Waals surface area contributed by atoms with Crippen molar-refractivity contribution in [2.24, 2.45) is 5.73 Å². The SMILES string of the molecule is Cl.N[C@H](c1cccc(OCc2ccccc2)c1)[C@@H](O)Cc1ccccc1. The lowest BCUT2D eigenvalue weighted by atomic mass is 9.97. The first kappa shape index (κ1) is 20.0. The minimum Gasteiger partial charge on any atom is -0.489 e. The van der Waals surface area contributed by atoms with Crippen molar-refractivity contribution in [2.75, 3.05) is 0 Å². The summed E-state index contributed by atoms with van der Waals surface area (Å²) in [7, 11) is 0. The fraction of sp³-hybridized carbons (Fsp3) is 0.182. The van der Waals surface area contributed by atoms with Crippen molar-refractivity contribution < 1.29 is 9.84 Å². The molecule has 0 saturated carbocycles. The summed E-state index contributed by atoms with van der Waals surface area (Å²) in [6.07, 6.45) is -0.122. The third kappa shape index (κ3) is 5.60. The molecule has 0 spiro atoms. The largest absolute Gasteiger partial charge is 0.489 e. The van der Waals surface area contributed by atoms with Gasteiger partial charge in [-0.1, -0.05) is 72.8 Å². The summed E-state index contributed by atoms with van der Waals surface area (Å²) in [5, 5.41) is 10.5. The van der Waals surface area contributed by atoms with Crippen LogP contribution in [0.25, 0.3) is 0 Å². The van der Waals surface area contributed by atoms with Crippen molar-refractivity contribution in [1.29, 1.82) is 0 Å². The molecule has 3 N–H and O–H groups in total. The number of rotatable bonds is 7. The number of hydrogen-bond donors (Lipinski definition) is 2. The van der Waals surface area contributed by atoms with Gasteiger partial charge in [0, 0.05) is 6.42 Å². The van der Waals surface area contributed by atoms with Crippen LogP contribution in [0.2, 0.25) is 0 Å². The first-order valence-corrected chi connectivity index (χ1v) is 8.46. The van der Waals surface area contributed by atoms with Crippen molar-refractivity contribution in [2.45, 2.75) is 25.2 Å². The van der Waals surface area contributed by atoms with Crippen LogP contribution in [0.15, 0.2) is 84.9 Å². The van der Waals surface area contributed by atoms with E-state index in [1.807, 2.05) is 84.9 Å². The van der Waals surface area contributed by atoms with Crippen molar-refractivity contribution in [1.82, 2.24) is 0 Å². The van der Waals surface area contributed by atoms with Gasteiger partial charge in [-0.05, 0) is 28.8 Å². The maximum Gasteiger partial charge on any atom is 0.120 e. The summed E-state index contributed by atoms with van der Waals surface area (Å²) < 4.78 is 5.84. The molecule has 0 aliphatic carbocycles. The highest BCUT2D eigenvalue weighted by Crippen LogP contribution is 2.22. The molecule has 26 heavy (non-hydrogen) atoms. The van der Waals surface area contributed by atoms with E-state index in [4.69, 9.17) is 10.5 Å². The number of hydrogen-bond acceptors (Lipinski definition) is 3. The maximum atomic E-state index is 10.5. The minimum atomic E-state index is -0.647. The second-order valence-electron chi connectivity index (χ2n) is 6.13. The molecule has 0 aromatic heterocycles. The van der Waals surface area contributed by atoms with Gasteiger partial charge in [0.2, 0.25) is 0 Å². The average molecular weight is 370 g/mol. The van der Waals surface area contributed by atoms with E-state index < -0.39 is 12.1 Å². The third-order valence-corrected chi connectivity index (χ3v) is 4.19. The molecule has 0 saturated heterocycles. The van der Waals surface area contributed by atoms with Crippen molar-refractivity contribution in [3.05, 3.63) is 102 Å². The summed E-state index contributed by atoms with van der Waals surface area (Å²) >= 11 is 0. The Hall–Kier alpha value is -2.33. The molecule has 0 unspecified atom stereocenters. The molecule has 0 amide bonds. The van der Waals surface area contributed by atoms with E-state index in [1.54, 1.807) is 0 Å². The van der Waals surface area contributed by atoms with Crippen LogP contribution >= 0.6 is 12.4 Å². The number of ether oxygens (including phenoxy) is 1. The van der Waals surface area contributed by atoms with Gasteiger partial charge in [-0.15, -0.1) is 12.4 Å². The number of aliphatic hydroxyl groups is 1. The van der Waals surface area contributed by atoms with Gasteiger partial charge in [0.15, 0.2) is 0 Å². The van der Waals surface area contributed by atoms with Crippen molar-refractivity contribution in [3.8, 4) is 5.75 Å². The highest BCUT2D eigenvalue weighted by atomic mass is 35.5. The van der Waals surface area contributed by atoms with Gasteiger partial charge < -0.3 is 15.6 Å². The van der Waals surface area contributed by atoms with E-state index in [1.165, 1.54) is 0 Å². The molecular weight excluding hydrogens is 346 g/mol. The highest BCUT2D eigenvalue weighted by Gasteiger charge is 2.17. The van der Waals surface area contributed by atoms with E-state index >= 15 is 0 Å². The van der Waals surface area contributed by atoms with Crippen molar-refractivity contribution >= 4 is 12.4 Å². The molecule has 136 valence electrons. The molecule has 4 heteroatoms. The average Bonchev–Trinajstić information content (AvgIpc) is 2.67. The van der Waals surface area contributed by atoms with Gasteiger partial charge in [0.05, 0.1) is 12.1 Å². The first-order chi connectivity index (χ1) is 12.2.